The van der Waals surface area contributed by atoms with Crippen molar-refractivity contribution in [1.82, 2.24) is 19.8 Å². The van der Waals surface area contributed by atoms with E-state index in [0.717, 1.165) is 69.1 Å². The molecule has 0 bridgehead atoms. The normalized spacial score (nSPS) is 15.4. The number of aromatic nitrogens is 2. The fourth-order valence-electron chi connectivity index (χ4n) is 3.54. The molecule has 3 aromatic rings. The predicted molar refractivity (Wildman–Crippen MR) is 112 cm³/mol. The van der Waals surface area contributed by atoms with Gasteiger partial charge in [0, 0.05) is 57.0 Å². The van der Waals surface area contributed by atoms with Crippen LogP contribution in [0.3, 0.4) is 0 Å². The van der Waals surface area contributed by atoms with Crippen LogP contribution in [0.1, 0.15) is 11.3 Å². The summed E-state index contributed by atoms with van der Waals surface area (Å²) >= 11 is 6.36. The maximum atomic E-state index is 6.36. The Morgan fingerprint density at radius 2 is 1.93 bits per heavy atom. The summed E-state index contributed by atoms with van der Waals surface area (Å²) in [6, 6.07) is 14.2. The largest absolute Gasteiger partial charge is 0.379 e. The zero-order valence-electron chi connectivity index (χ0n) is 15.9. The van der Waals surface area contributed by atoms with Crippen LogP contribution in [0.25, 0.3) is 10.9 Å². The first kappa shape index (κ1) is 19.3. The molecule has 0 amide bonds. The summed E-state index contributed by atoms with van der Waals surface area (Å²) in [4.78, 5) is 14.0. The molecule has 1 aromatic carbocycles. The van der Waals surface area contributed by atoms with Gasteiger partial charge in [0.05, 0.1) is 29.4 Å². The van der Waals surface area contributed by atoms with Gasteiger partial charge in [-0.05, 0) is 23.8 Å². The van der Waals surface area contributed by atoms with Crippen molar-refractivity contribution in [3.8, 4) is 0 Å². The smallest absolute Gasteiger partial charge is 0.0891 e. The van der Waals surface area contributed by atoms with Crippen LogP contribution < -0.4 is 0 Å². The van der Waals surface area contributed by atoms with Crippen LogP contribution >= 0.6 is 11.6 Å². The number of halogens is 1. The first-order valence-electron chi connectivity index (χ1n) is 9.73. The number of fused-ring (bicyclic) bond motifs is 1. The molecule has 0 aliphatic carbocycles. The van der Waals surface area contributed by atoms with E-state index >= 15 is 0 Å². The van der Waals surface area contributed by atoms with Gasteiger partial charge in [-0.1, -0.05) is 35.9 Å². The molecule has 0 atom stereocenters. The van der Waals surface area contributed by atoms with Crippen molar-refractivity contribution in [1.29, 1.82) is 0 Å². The maximum Gasteiger partial charge on any atom is 0.0891 e. The molecule has 5 nitrogen and oxygen atoms in total. The zero-order valence-corrected chi connectivity index (χ0v) is 16.7. The number of hydrogen-bond acceptors (Lipinski definition) is 5. The molecule has 28 heavy (non-hydrogen) atoms. The molecule has 4 rings (SSSR count). The monoisotopic (exact) mass is 396 g/mol. The Morgan fingerprint density at radius 3 is 2.75 bits per heavy atom. The maximum absolute atomic E-state index is 6.36. The van der Waals surface area contributed by atoms with Gasteiger partial charge >= 0.3 is 0 Å². The highest BCUT2D eigenvalue weighted by Gasteiger charge is 2.14. The highest BCUT2D eigenvalue weighted by molar-refractivity contribution is 6.35. The van der Waals surface area contributed by atoms with Crippen LogP contribution in [0.2, 0.25) is 5.02 Å². The van der Waals surface area contributed by atoms with Crippen LogP contribution in [0, 0.1) is 0 Å². The summed E-state index contributed by atoms with van der Waals surface area (Å²) in [5.74, 6) is 0. The molecular formula is C22H25ClN4O. The number of pyridine rings is 2. The van der Waals surface area contributed by atoms with Gasteiger partial charge in [-0.15, -0.1) is 0 Å². The fraction of sp³-hybridized carbons (Fsp3) is 0.364. The van der Waals surface area contributed by atoms with E-state index in [1.54, 1.807) is 0 Å². The lowest BCUT2D eigenvalue weighted by Crippen LogP contribution is -2.41. The Morgan fingerprint density at radius 1 is 1.04 bits per heavy atom. The molecule has 1 aliphatic rings. The molecule has 0 spiro atoms. The first-order valence-corrected chi connectivity index (χ1v) is 10.1. The fourth-order valence-corrected chi connectivity index (χ4v) is 3.76. The predicted octanol–water partition coefficient (Wildman–Crippen LogP) is 3.62. The number of nitrogens with zero attached hydrogens (tertiary/aromatic N) is 4. The highest BCUT2D eigenvalue weighted by Crippen LogP contribution is 2.22. The van der Waals surface area contributed by atoms with E-state index in [9.17, 15) is 0 Å². The van der Waals surface area contributed by atoms with Crippen molar-refractivity contribution < 1.29 is 4.74 Å². The average Bonchev–Trinajstić information content (AvgIpc) is 2.74. The molecule has 146 valence electrons. The third-order valence-corrected chi connectivity index (χ3v) is 5.38. The van der Waals surface area contributed by atoms with Crippen LogP contribution in [-0.2, 0) is 17.8 Å². The van der Waals surface area contributed by atoms with E-state index in [2.05, 4.69) is 33.0 Å². The lowest BCUT2D eigenvalue weighted by molar-refractivity contribution is 0.0324. The molecule has 6 heteroatoms. The van der Waals surface area contributed by atoms with Gasteiger partial charge in [-0.3, -0.25) is 14.8 Å². The summed E-state index contributed by atoms with van der Waals surface area (Å²) in [5, 5.41) is 1.77. The van der Waals surface area contributed by atoms with E-state index in [1.807, 2.05) is 36.7 Å². The third-order valence-electron chi connectivity index (χ3n) is 5.08. The van der Waals surface area contributed by atoms with Gasteiger partial charge < -0.3 is 4.74 Å². The van der Waals surface area contributed by atoms with Crippen molar-refractivity contribution >= 4 is 22.5 Å². The van der Waals surface area contributed by atoms with Crippen molar-refractivity contribution in [3.63, 3.8) is 0 Å². The second-order valence-corrected chi connectivity index (χ2v) is 7.55. The molecule has 2 aromatic heterocycles. The standard InChI is InChI=1S/C22H25ClN4O/c23-21-5-1-4-19-6-7-20(25-22(19)21)17-27(16-18-3-2-8-24-15-18)10-9-26-11-13-28-14-12-26/h1-8,15H,9-14,16-17H2. The minimum Gasteiger partial charge on any atom is -0.379 e. The number of rotatable bonds is 7. The highest BCUT2D eigenvalue weighted by atomic mass is 35.5. The Hall–Kier alpha value is -2.05. The number of hydrogen-bond donors (Lipinski definition) is 0. The molecule has 0 N–H and O–H groups in total. The van der Waals surface area contributed by atoms with Crippen molar-refractivity contribution in [2.75, 3.05) is 39.4 Å². The SMILES string of the molecule is Clc1cccc2ccc(CN(CCN3CCOCC3)Cc3cccnc3)nc12. The summed E-state index contributed by atoms with van der Waals surface area (Å²) in [6.07, 6.45) is 3.75. The van der Waals surface area contributed by atoms with Crippen LogP contribution in [-0.4, -0.2) is 59.2 Å². The molecule has 1 saturated heterocycles. The third kappa shape index (κ3) is 5.06. The van der Waals surface area contributed by atoms with Gasteiger partial charge in [0.15, 0.2) is 0 Å². The van der Waals surface area contributed by atoms with E-state index in [1.165, 1.54) is 5.56 Å². The molecule has 0 saturated carbocycles. The van der Waals surface area contributed by atoms with E-state index in [-0.39, 0.29) is 0 Å². The van der Waals surface area contributed by atoms with Crippen molar-refractivity contribution in [2.45, 2.75) is 13.1 Å². The Bertz CT molecular complexity index is 899. The minimum absolute atomic E-state index is 0.700. The number of para-hydroxylation sites is 1. The summed E-state index contributed by atoms with van der Waals surface area (Å²) in [6.45, 7) is 7.28. The average molecular weight is 397 g/mol. The molecule has 0 radical (unpaired) electrons. The van der Waals surface area contributed by atoms with Crippen LogP contribution in [0.5, 0.6) is 0 Å². The minimum atomic E-state index is 0.700. The zero-order chi connectivity index (χ0) is 19.2. The summed E-state index contributed by atoms with van der Waals surface area (Å²) in [7, 11) is 0. The lowest BCUT2D eigenvalue weighted by atomic mass is 10.2. The van der Waals surface area contributed by atoms with Gasteiger partial charge in [-0.25, -0.2) is 4.98 Å². The Kier molecular flexibility index (Phi) is 6.49. The molecule has 1 aliphatic heterocycles. The van der Waals surface area contributed by atoms with Gasteiger partial charge in [0.1, 0.15) is 0 Å². The molecule has 3 heterocycles. The van der Waals surface area contributed by atoms with E-state index in [0.29, 0.717) is 5.02 Å². The van der Waals surface area contributed by atoms with Gasteiger partial charge in [-0.2, -0.15) is 0 Å². The van der Waals surface area contributed by atoms with Gasteiger partial charge in [0.2, 0.25) is 0 Å². The van der Waals surface area contributed by atoms with E-state index < -0.39 is 0 Å². The van der Waals surface area contributed by atoms with Crippen molar-refractivity contribution in [2.24, 2.45) is 0 Å². The topological polar surface area (TPSA) is 41.5 Å². The van der Waals surface area contributed by atoms with E-state index in [4.69, 9.17) is 21.3 Å². The summed E-state index contributed by atoms with van der Waals surface area (Å²) in [5.41, 5.74) is 3.12. The summed E-state index contributed by atoms with van der Waals surface area (Å²) < 4.78 is 5.46. The Balaban J connectivity index is 1.49. The number of morpholine rings is 1. The second-order valence-electron chi connectivity index (χ2n) is 7.14. The lowest BCUT2D eigenvalue weighted by Gasteiger charge is -2.30. The second kappa shape index (κ2) is 9.43. The number of benzene rings is 1. The quantitative estimate of drug-likeness (QED) is 0.610. The number of ether oxygens (including phenoxy) is 1. The van der Waals surface area contributed by atoms with Crippen molar-refractivity contribution in [3.05, 3.63) is 71.1 Å². The molecule has 0 unspecified atom stereocenters. The van der Waals surface area contributed by atoms with Crippen LogP contribution in [0.15, 0.2) is 54.9 Å². The first-order chi connectivity index (χ1) is 13.8. The molecular weight excluding hydrogens is 372 g/mol. The molecule has 1 fully saturated rings. The van der Waals surface area contributed by atoms with Crippen LogP contribution in [0.4, 0.5) is 0 Å². The Labute approximate surface area is 170 Å². The van der Waals surface area contributed by atoms with Gasteiger partial charge in [0.25, 0.3) is 0 Å².